The summed E-state index contributed by atoms with van der Waals surface area (Å²) in [6, 6.07) is 6.71. The molecular formula is C14H9Cl2F3N2O. The summed E-state index contributed by atoms with van der Waals surface area (Å²) >= 11 is 11.8. The van der Waals surface area contributed by atoms with Gasteiger partial charge in [-0.3, -0.25) is 9.78 Å². The molecule has 116 valence electrons. The molecule has 2 aromatic rings. The van der Waals surface area contributed by atoms with Gasteiger partial charge in [-0.05, 0) is 24.3 Å². The molecule has 0 bridgehead atoms. The predicted octanol–water partition coefficient (Wildman–Crippen LogP) is 4.34. The Morgan fingerprint density at radius 2 is 1.77 bits per heavy atom. The molecule has 22 heavy (non-hydrogen) atoms. The molecule has 0 atom stereocenters. The number of rotatable bonds is 3. The highest BCUT2D eigenvalue weighted by molar-refractivity contribution is 6.39. The molecular weight excluding hydrogens is 340 g/mol. The monoisotopic (exact) mass is 348 g/mol. The van der Waals surface area contributed by atoms with Crippen molar-refractivity contribution < 1.29 is 18.0 Å². The normalized spacial score (nSPS) is 11.3. The summed E-state index contributed by atoms with van der Waals surface area (Å²) in [5.74, 6) is -0.530. The summed E-state index contributed by atoms with van der Waals surface area (Å²) < 4.78 is 37.2. The van der Waals surface area contributed by atoms with E-state index in [0.717, 1.165) is 6.07 Å². The maximum Gasteiger partial charge on any atom is 0.417 e. The standard InChI is InChI=1S/C14H9Cl2F3N2O/c15-10-2-1-3-11(16)12(10)13(22)21-7-9-5-4-8(6-20-9)14(17,18)19/h1-6H,7H2,(H,21,22). The lowest BCUT2D eigenvalue weighted by Gasteiger charge is -2.09. The maximum atomic E-state index is 12.4. The third-order valence-corrected chi connectivity index (χ3v) is 3.40. The van der Waals surface area contributed by atoms with Crippen molar-refractivity contribution in [3.05, 3.63) is 63.4 Å². The number of amides is 1. The molecule has 0 saturated heterocycles. The predicted molar refractivity (Wildman–Crippen MR) is 76.9 cm³/mol. The molecule has 8 heteroatoms. The van der Waals surface area contributed by atoms with Gasteiger partial charge in [0.15, 0.2) is 0 Å². The van der Waals surface area contributed by atoms with Crippen LogP contribution in [0.25, 0.3) is 0 Å². The van der Waals surface area contributed by atoms with Crippen molar-refractivity contribution in [1.29, 1.82) is 0 Å². The van der Waals surface area contributed by atoms with E-state index in [1.165, 1.54) is 18.2 Å². The highest BCUT2D eigenvalue weighted by atomic mass is 35.5. The van der Waals surface area contributed by atoms with Crippen LogP contribution in [0.2, 0.25) is 10.0 Å². The summed E-state index contributed by atoms with van der Waals surface area (Å²) in [6.07, 6.45) is -3.73. The molecule has 0 spiro atoms. The number of benzene rings is 1. The summed E-state index contributed by atoms with van der Waals surface area (Å²) in [7, 11) is 0. The van der Waals surface area contributed by atoms with Crippen LogP contribution in [0.4, 0.5) is 13.2 Å². The van der Waals surface area contributed by atoms with Gasteiger partial charge in [-0.15, -0.1) is 0 Å². The Morgan fingerprint density at radius 3 is 2.27 bits per heavy atom. The van der Waals surface area contributed by atoms with Crippen molar-refractivity contribution in [2.45, 2.75) is 12.7 Å². The Morgan fingerprint density at radius 1 is 1.14 bits per heavy atom. The molecule has 1 heterocycles. The number of nitrogens with one attached hydrogen (secondary N) is 1. The molecule has 0 aliphatic carbocycles. The van der Waals surface area contributed by atoms with Crippen molar-refractivity contribution in [3.8, 4) is 0 Å². The lowest BCUT2D eigenvalue weighted by Crippen LogP contribution is -2.24. The van der Waals surface area contributed by atoms with Crippen LogP contribution in [0.5, 0.6) is 0 Å². The molecule has 1 aromatic carbocycles. The molecule has 1 amide bonds. The third kappa shape index (κ3) is 3.90. The Labute approximate surface area is 134 Å². The minimum atomic E-state index is -4.44. The Bertz CT molecular complexity index is 667. The van der Waals surface area contributed by atoms with E-state index in [2.05, 4.69) is 10.3 Å². The van der Waals surface area contributed by atoms with Gasteiger partial charge in [-0.25, -0.2) is 0 Å². The smallest absolute Gasteiger partial charge is 0.346 e. The molecule has 1 aromatic heterocycles. The van der Waals surface area contributed by atoms with Gasteiger partial charge in [0.1, 0.15) is 0 Å². The highest BCUT2D eigenvalue weighted by Crippen LogP contribution is 2.28. The maximum absolute atomic E-state index is 12.4. The zero-order chi connectivity index (χ0) is 16.3. The van der Waals surface area contributed by atoms with E-state index < -0.39 is 17.6 Å². The summed E-state index contributed by atoms with van der Waals surface area (Å²) in [5.41, 5.74) is -0.459. The molecule has 0 radical (unpaired) electrons. The molecule has 2 rings (SSSR count). The zero-order valence-electron chi connectivity index (χ0n) is 10.9. The zero-order valence-corrected chi connectivity index (χ0v) is 12.4. The molecule has 0 aliphatic rings. The van der Waals surface area contributed by atoms with Crippen LogP contribution >= 0.6 is 23.2 Å². The van der Waals surface area contributed by atoms with Gasteiger partial charge in [0.2, 0.25) is 0 Å². The van der Waals surface area contributed by atoms with Crippen molar-refractivity contribution in [2.24, 2.45) is 0 Å². The first-order valence-electron chi connectivity index (χ1n) is 6.03. The summed E-state index contributed by atoms with van der Waals surface area (Å²) in [5, 5.41) is 2.87. The van der Waals surface area contributed by atoms with E-state index in [-0.39, 0.29) is 27.8 Å². The molecule has 0 aliphatic heterocycles. The quantitative estimate of drug-likeness (QED) is 0.896. The van der Waals surface area contributed by atoms with Crippen LogP contribution in [0, 0.1) is 0 Å². The number of pyridine rings is 1. The Balaban J connectivity index is 2.06. The van der Waals surface area contributed by atoms with Gasteiger partial charge in [0.05, 0.1) is 33.4 Å². The second kappa shape index (κ2) is 6.54. The minimum Gasteiger partial charge on any atom is -0.346 e. The van der Waals surface area contributed by atoms with E-state index in [1.807, 2.05) is 0 Å². The first-order chi connectivity index (χ1) is 10.3. The van der Waals surface area contributed by atoms with Crippen LogP contribution in [-0.2, 0) is 12.7 Å². The lowest BCUT2D eigenvalue weighted by molar-refractivity contribution is -0.137. The minimum absolute atomic E-state index is 0.0431. The van der Waals surface area contributed by atoms with Crippen molar-refractivity contribution in [2.75, 3.05) is 0 Å². The van der Waals surface area contributed by atoms with Crippen LogP contribution in [0.1, 0.15) is 21.6 Å². The Hall–Kier alpha value is -1.79. The fourth-order valence-corrected chi connectivity index (χ4v) is 2.24. The summed E-state index contributed by atoms with van der Waals surface area (Å²) in [4.78, 5) is 15.7. The van der Waals surface area contributed by atoms with Gasteiger partial charge < -0.3 is 5.32 Å². The largest absolute Gasteiger partial charge is 0.417 e. The number of alkyl halides is 3. The fraction of sp³-hybridized carbons (Fsp3) is 0.143. The SMILES string of the molecule is O=C(NCc1ccc(C(F)(F)F)cn1)c1c(Cl)cccc1Cl. The van der Waals surface area contributed by atoms with Crippen molar-refractivity contribution in [1.82, 2.24) is 10.3 Å². The van der Waals surface area contributed by atoms with Crippen LogP contribution in [0.3, 0.4) is 0 Å². The Kier molecular flexibility index (Phi) is 4.93. The highest BCUT2D eigenvalue weighted by Gasteiger charge is 2.30. The van der Waals surface area contributed by atoms with Gasteiger partial charge >= 0.3 is 6.18 Å². The first kappa shape index (κ1) is 16.6. The van der Waals surface area contributed by atoms with Crippen molar-refractivity contribution >= 4 is 29.1 Å². The third-order valence-electron chi connectivity index (χ3n) is 2.77. The average Bonchev–Trinajstić information content (AvgIpc) is 2.44. The number of carbonyl (C=O) groups is 1. The van der Waals surface area contributed by atoms with Gasteiger partial charge in [-0.1, -0.05) is 29.3 Å². The van der Waals surface area contributed by atoms with E-state index in [1.54, 1.807) is 6.07 Å². The van der Waals surface area contributed by atoms with Gasteiger partial charge in [-0.2, -0.15) is 13.2 Å². The molecule has 1 N–H and O–H groups in total. The van der Waals surface area contributed by atoms with Crippen LogP contribution < -0.4 is 5.32 Å². The number of hydrogen-bond donors (Lipinski definition) is 1. The van der Waals surface area contributed by atoms with E-state index in [0.29, 0.717) is 6.20 Å². The number of halogens is 5. The van der Waals surface area contributed by atoms with E-state index in [9.17, 15) is 18.0 Å². The number of hydrogen-bond acceptors (Lipinski definition) is 2. The van der Waals surface area contributed by atoms with Crippen LogP contribution in [0.15, 0.2) is 36.5 Å². The lowest BCUT2D eigenvalue weighted by atomic mass is 10.2. The number of nitrogens with zero attached hydrogens (tertiary/aromatic N) is 1. The van der Waals surface area contributed by atoms with E-state index >= 15 is 0 Å². The van der Waals surface area contributed by atoms with Gasteiger partial charge in [0, 0.05) is 6.20 Å². The van der Waals surface area contributed by atoms with Crippen molar-refractivity contribution in [3.63, 3.8) is 0 Å². The first-order valence-corrected chi connectivity index (χ1v) is 6.79. The average molecular weight is 349 g/mol. The number of aromatic nitrogens is 1. The van der Waals surface area contributed by atoms with Crippen LogP contribution in [-0.4, -0.2) is 10.9 Å². The number of carbonyl (C=O) groups excluding carboxylic acids is 1. The molecule has 0 fully saturated rings. The second-order valence-corrected chi connectivity index (χ2v) is 5.13. The fourth-order valence-electron chi connectivity index (χ4n) is 1.67. The van der Waals surface area contributed by atoms with E-state index in [4.69, 9.17) is 23.2 Å². The topological polar surface area (TPSA) is 42.0 Å². The second-order valence-electron chi connectivity index (χ2n) is 4.32. The summed E-state index contributed by atoms with van der Waals surface area (Å²) in [6.45, 7) is -0.0431. The molecule has 0 saturated carbocycles. The molecule has 3 nitrogen and oxygen atoms in total. The molecule has 0 unspecified atom stereocenters. The van der Waals surface area contributed by atoms with Gasteiger partial charge in [0.25, 0.3) is 5.91 Å².